The smallest absolute Gasteiger partial charge is 0.0916 e. The fourth-order valence-electron chi connectivity index (χ4n) is 2.73. The second-order valence-electron chi connectivity index (χ2n) is 6.50. The summed E-state index contributed by atoms with van der Waals surface area (Å²) in [5.74, 6) is 0. The lowest BCUT2D eigenvalue weighted by Gasteiger charge is -2.25. The molecule has 0 spiro atoms. The van der Waals surface area contributed by atoms with Gasteiger partial charge in [-0.2, -0.15) is 0 Å². The zero-order valence-corrected chi connectivity index (χ0v) is 12.1. The number of hydrogen-bond acceptors (Lipinski definition) is 3. The molecule has 0 bridgehead atoms. The molecule has 1 atom stereocenters. The monoisotopic (exact) mass is 262 g/mol. The number of nitrogens with two attached hydrogens (primary N) is 1. The molecule has 3 heteroatoms. The lowest BCUT2D eigenvalue weighted by Crippen LogP contribution is -2.30. The lowest BCUT2D eigenvalue weighted by molar-refractivity contribution is 0.113. The molecule has 1 heterocycles. The number of nitrogen functional groups attached to an aromatic ring is 1. The second-order valence-corrected chi connectivity index (χ2v) is 6.50. The number of nitrogens with zero attached hydrogens (tertiary/aromatic N) is 1. The average Bonchev–Trinajstić information content (AvgIpc) is 2.52. The van der Waals surface area contributed by atoms with Crippen molar-refractivity contribution in [3.63, 3.8) is 0 Å². The molecule has 1 aliphatic rings. The van der Waals surface area contributed by atoms with Crippen LogP contribution in [0.4, 0.5) is 5.69 Å². The van der Waals surface area contributed by atoms with Gasteiger partial charge >= 0.3 is 0 Å². The molecule has 1 unspecified atom stereocenters. The predicted octanol–water partition coefficient (Wildman–Crippen LogP) is 2.81. The highest BCUT2D eigenvalue weighted by Crippen LogP contribution is 2.30. The summed E-state index contributed by atoms with van der Waals surface area (Å²) in [6, 6.07) is 7.54. The van der Waals surface area contributed by atoms with Crippen molar-refractivity contribution in [1.29, 1.82) is 0 Å². The molecule has 0 aliphatic carbocycles. The fraction of sp³-hybridized carbons (Fsp3) is 0.625. The Morgan fingerprint density at radius 3 is 2.58 bits per heavy atom. The van der Waals surface area contributed by atoms with Gasteiger partial charge in [0.05, 0.1) is 6.10 Å². The van der Waals surface area contributed by atoms with Crippen LogP contribution in [0.2, 0.25) is 0 Å². The summed E-state index contributed by atoms with van der Waals surface area (Å²) in [5.41, 5.74) is 7.81. The van der Waals surface area contributed by atoms with E-state index in [4.69, 9.17) is 5.73 Å². The quantitative estimate of drug-likeness (QED) is 0.824. The first kappa shape index (κ1) is 14.4. The van der Waals surface area contributed by atoms with Crippen molar-refractivity contribution in [1.82, 2.24) is 4.90 Å². The van der Waals surface area contributed by atoms with E-state index in [2.05, 4.69) is 18.7 Å². The molecule has 2 rings (SSSR count). The third kappa shape index (κ3) is 4.22. The van der Waals surface area contributed by atoms with E-state index >= 15 is 0 Å². The van der Waals surface area contributed by atoms with Gasteiger partial charge in [-0.3, -0.25) is 0 Å². The second kappa shape index (κ2) is 5.93. The van der Waals surface area contributed by atoms with Gasteiger partial charge in [0.15, 0.2) is 0 Å². The Balaban J connectivity index is 1.91. The highest BCUT2D eigenvalue weighted by molar-refractivity contribution is 5.39. The maximum atomic E-state index is 10.3. The number of rotatable bonds is 3. The van der Waals surface area contributed by atoms with Gasteiger partial charge in [0.25, 0.3) is 0 Å². The van der Waals surface area contributed by atoms with E-state index in [9.17, 15) is 5.11 Å². The molecular formula is C16H26N2O. The van der Waals surface area contributed by atoms with Gasteiger partial charge in [0.1, 0.15) is 0 Å². The van der Waals surface area contributed by atoms with Crippen molar-refractivity contribution in [3.8, 4) is 0 Å². The molecule has 1 aromatic carbocycles. The Morgan fingerprint density at radius 1 is 1.21 bits per heavy atom. The third-order valence-corrected chi connectivity index (χ3v) is 4.19. The molecule has 1 fully saturated rings. The zero-order chi connectivity index (χ0) is 13.9. The number of aliphatic hydroxyl groups excluding tert-OH is 1. The summed E-state index contributed by atoms with van der Waals surface area (Å²) in [7, 11) is 0. The summed E-state index contributed by atoms with van der Waals surface area (Å²) in [6.07, 6.45) is 3.30. The van der Waals surface area contributed by atoms with Crippen molar-refractivity contribution in [2.75, 3.05) is 25.4 Å². The maximum absolute atomic E-state index is 10.3. The number of aliphatic hydroxyl groups is 1. The standard InChI is InChI=1S/C16H26N2O/c1-16(2)8-3-10-18(11-9-16)12-15(19)13-4-6-14(17)7-5-13/h4-7,15,19H,3,8-12,17H2,1-2H3. The molecule has 1 aliphatic heterocycles. The van der Waals surface area contributed by atoms with E-state index < -0.39 is 6.10 Å². The Bertz CT molecular complexity index is 400. The minimum atomic E-state index is -0.415. The van der Waals surface area contributed by atoms with Gasteiger partial charge in [-0.05, 0) is 55.5 Å². The van der Waals surface area contributed by atoms with E-state index in [0.29, 0.717) is 5.41 Å². The van der Waals surface area contributed by atoms with Crippen LogP contribution in [-0.2, 0) is 0 Å². The molecule has 19 heavy (non-hydrogen) atoms. The van der Waals surface area contributed by atoms with Crippen molar-refractivity contribution in [2.24, 2.45) is 5.41 Å². The normalized spacial score (nSPS) is 21.8. The van der Waals surface area contributed by atoms with Gasteiger partial charge in [-0.1, -0.05) is 26.0 Å². The molecule has 0 aromatic heterocycles. The summed E-state index contributed by atoms with van der Waals surface area (Å²) in [5, 5.41) is 10.3. The Labute approximate surface area is 116 Å². The van der Waals surface area contributed by atoms with Crippen LogP contribution >= 0.6 is 0 Å². The zero-order valence-electron chi connectivity index (χ0n) is 12.1. The van der Waals surface area contributed by atoms with E-state index in [-0.39, 0.29) is 0 Å². The summed E-state index contributed by atoms with van der Waals surface area (Å²) < 4.78 is 0. The third-order valence-electron chi connectivity index (χ3n) is 4.19. The number of likely N-dealkylation sites (tertiary alicyclic amines) is 1. The van der Waals surface area contributed by atoms with E-state index in [1.807, 2.05) is 24.3 Å². The van der Waals surface area contributed by atoms with Crippen LogP contribution < -0.4 is 5.73 Å². The largest absolute Gasteiger partial charge is 0.399 e. The number of anilines is 1. The molecule has 0 amide bonds. The van der Waals surface area contributed by atoms with E-state index in [0.717, 1.165) is 30.9 Å². The molecule has 106 valence electrons. The van der Waals surface area contributed by atoms with Gasteiger partial charge < -0.3 is 15.7 Å². The summed E-state index contributed by atoms with van der Waals surface area (Å²) in [4.78, 5) is 2.38. The van der Waals surface area contributed by atoms with E-state index in [1.165, 1.54) is 19.3 Å². The molecule has 3 N–H and O–H groups in total. The van der Waals surface area contributed by atoms with Gasteiger partial charge in [0.2, 0.25) is 0 Å². The molecule has 3 nitrogen and oxygen atoms in total. The number of β-amino-alcohol motifs (C(OH)–C–C–N with tert-alkyl or cyclic N) is 1. The van der Waals surface area contributed by atoms with Crippen LogP contribution in [0, 0.1) is 5.41 Å². The highest BCUT2D eigenvalue weighted by atomic mass is 16.3. The minimum absolute atomic E-state index is 0.415. The van der Waals surface area contributed by atoms with Gasteiger partial charge in [0, 0.05) is 12.2 Å². The lowest BCUT2D eigenvalue weighted by atomic mass is 9.85. The van der Waals surface area contributed by atoms with Crippen molar-refractivity contribution in [2.45, 2.75) is 39.2 Å². The van der Waals surface area contributed by atoms with Gasteiger partial charge in [-0.15, -0.1) is 0 Å². The first-order valence-electron chi connectivity index (χ1n) is 7.22. The Kier molecular flexibility index (Phi) is 4.48. The Hall–Kier alpha value is -1.06. The van der Waals surface area contributed by atoms with Crippen molar-refractivity contribution < 1.29 is 5.11 Å². The van der Waals surface area contributed by atoms with Crippen LogP contribution in [-0.4, -0.2) is 29.6 Å². The van der Waals surface area contributed by atoms with Crippen LogP contribution in [0.15, 0.2) is 24.3 Å². The fourth-order valence-corrected chi connectivity index (χ4v) is 2.73. The molecule has 0 radical (unpaired) electrons. The number of benzene rings is 1. The van der Waals surface area contributed by atoms with Crippen LogP contribution in [0.25, 0.3) is 0 Å². The molecule has 0 saturated carbocycles. The Morgan fingerprint density at radius 2 is 1.89 bits per heavy atom. The highest BCUT2D eigenvalue weighted by Gasteiger charge is 2.24. The SMILES string of the molecule is CC1(C)CCCN(CC(O)c2ccc(N)cc2)CC1. The van der Waals surface area contributed by atoms with Crippen LogP contribution in [0.5, 0.6) is 0 Å². The van der Waals surface area contributed by atoms with Crippen LogP contribution in [0.3, 0.4) is 0 Å². The molecule has 1 aromatic rings. The topological polar surface area (TPSA) is 49.5 Å². The average molecular weight is 262 g/mol. The predicted molar refractivity (Wildman–Crippen MR) is 79.9 cm³/mol. The van der Waals surface area contributed by atoms with Gasteiger partial charge in [-0.25, -0.2) is 0 Å². The molecule has 1 saturated heterocycles. The van der Waals surface area contributed by atoms with E-state index in [1.54, 1.807) is 0 Å². The van der Waals surface area contributed by atoms with Crippen molar-refractivity contribution >= 4 is 5.69 Å². The van der Waals surface area contributed by atoms with Crippen LogP contribution in [0.1, 0.15) is 44.8 Å². The molecular weight excluding hydrogens is 236 g/mol. The minimum Gasteiger partial charge on any atom is -0.399 e. The maximum Gasteiger partial charge on any atom is 0.0916 e. The summed E-state index contributed by atoms with van der Waals surface area (Å²) in [6.45, 7) is 7.58. The number of hydrogen-bond donors (Lipinski definition) is 2. The first-order chi connectivity index (χ1) is 8.96. The summed E-state index contributed by atoms with van der Waals surface area (Å²) >= 11 is 0. The first-order valence-corrected chi connectivity index (χ1v) is 7.22. The van der Waals surface area contributed by atoms with Crippen molar-refractivity contribution in [3.05, 3.63) is 29.8 Å².